The number of ether oxygens (including phenoxy) is 1. The largest absolute Gasteiger partial charge is 0.417 e. The summed E-state index contributed by atoms with van der Waals surface area (Å²) >= 11 is 0. The smallest absolute Gasteiger partial charge is 0.193 e. The Morgan fingerprint density at radius 2 is 1.16 bits per heavy atom. The number of allylic oxidation sites excluding steroid dienone is 1. The van der Waals surface area contributed by atoms with Crippen molar-refractivity contribution in [3.63, 3.8) is 0 Å². The normalized spacial score (nSPS) is 21.0. The number of hydrogen-bond acceptors (Lipinski definition) is 5. The third-order valence-corrected chi connectivity index (χ3v) is 28.6. The molecule has 0 spiro atoms. The van der Waals surface area contributed by atoms with Crippen molar-refractivity contribution in [1.82, 2.24) is 0 Å². The summed E-state index contributed by atoms with van der Waals surface area (Å²) in [6, 6.07) is 19.8. The molecule has 1 aliphatic carbocycles. The van der Waals surface area contributed by atoms with Gasteiger partial charge in [-0.3, -0.25) is 0 Å². The minimum Gasteiger partial charge on any atom is -0.417 e. The van der Waals surface area contributed by atoms with Gasteiger partial charge in [-0.2, -0.15) is 0 Å². The molecule has 1 aliphatic rings. The molecule has 0 heterocycles. The Balaban J connectivity index is 2.07. The van der Waals surface area contributed by atoms with E-state index in [2.05, 4.69) is 108 Å². The van der Waals surface area contributed by atoms with Crippen LogP contribution in [0.2, 0.25) is 54.4 Å². The molecule has 0 radical (unpaired) electrons. The SMILES string of the molecule is C=C1/C(=C\CP(=O)(c2ccccc2)c2ccccc2)C[C@H](O[Si](C)(C)C(C)(C)C)[C@H](OCCCO[Si](C)(C)C(C)(C)C)C1O[Si](C)(C)C(C)(C)C. The van der Waals surface area contributed by atoms with Crippen molar-refractivity contribution >= 4 is 42.7 Å². The van der Waals surface area contributed by atoms with Crippen LogP contribution >= 0.6 is 7.14 Å². The van der Waals surface area contributed by atoms with Gasteiger partial charge in [0.25, 0.3) is 0 Å². The van der Waals surface area contributed by atoms with Crippen molar-refractivity contribution in [3.05, 3.63) is 84.5 Å². The second kappa shape index (κ2) is 16.6. The van der Waals surface area contributed by atoms with Crippen molar-refractivity contribution in [1.29, 1.82) is 0 Å². The third-order valence-electron chi connectivity index (χ3n) is 12.1. The molecule has 9 heteroatoms. The number of benzene rings is 2. The Bertz CT molecular complexity index is 1470. The molecule has 1 fully saturated rings. The lowest BCUT2D eigenvalue weighted by atomic mass is 9.84. The molecule has 2 aromatic carbocycles. The van der Waals surface area contributed by atoms with Gasteiger partial charge in [0.15, 0.2) is 25.0 Å². The maximum atomic E-state index is 15.1. The molecule has 1 saturated carbocycles. The van der Waals surface area contributed by atoms with Crippen molar-refractivity contribution in [2.45, 2.75) is 148 Å². The Hall–Kier alpha value is -1.36. The second-order valence-electron chi connectivity index (χ2n) is 19.1. The van der Waals surface area contributed by atoms with E-state index in [0.717, 1.165) is 28.2 Å². The lowest BCUT2D eigenvalue weighted by molar-refractivity contribution is -0.0879. The van der Waals surface area contributed by atoms with E-state index in [0.29, 0.717) is 25.8 Å². The predicted molar refractivity (Wildman–Crippen MR) is 228 cm³/mol. The maximum absolute atomic E-state index is 15.1. The first kappa shape index (κ1) is 44.0. The lowest BCUT2D eigenvalue weighted by Crippen LogP contribution is -2.57. The zero-order chi connectivity index (χ0) is 38.7. The van der Waals surface area contributed by atoms with Crippen LogP contribution in [-0.4, -0.2) is 62.6 Å². The minimum absolute atomic E-state index is 0.0116. The predicted octanol–water partition coefficient (Wildman–Crippen LogP) is 11.5. The highest BCUT2D eigenvalue weighted by atomic mass is 31.2. The van der Waals surface area contributed by atoms with Crippen LogP contribution in [0.15, 0.2) is 84.5 Å². The van der Waals surface area contributed by atoms with Crippen molar-refractivity contribution in [3.8, 4) is 0 Å². The van der Waals surface area contributed by atoms with E-state index in [1.165, 1.54) is 0 Å². The van der Waals surface area contributed by atoms with Crippen molar-refractivity contribution in [2.24, 2.45) is 0 Å². The Morgan fingerprint density at radius 3 is 1.61 bits per heavy atom. The highest BCUT2D eigenvalue weighted by molar-refractivity contribution is 7.78. The molecule has 3 rings (SSSR count). The molecule has 0 saturated heterocycles. The van der Waals surface area contributed by atoms with Crippen molar-refractivity contribution in [2.75, 3.05) is 19.4 Å². The molecule has 0 N–H and O–H groups in total. The van der Waals surface area contributed by atoms with Gasteiger partial charge in [-0.1, -0.05) is 136 Å². The zero-order valence-electron chi connectivity index (χ0n) is 34.8. The fourth-order valence-corrected chi connectivity index (χ4v) is 11.7. The van der Waals surface area contributed by atoms with Gasteiger partial charge in [-0.05, 0) is 72.0 Å². The first-order chi connectivity index (χ1) is 23.2. The molecule has 1 unspecified atom stereocenters. The standard InChI is InChI=1S/C42H71O5PSi3/c1-33-34(28-31-48(43,35-24-19-17-20-25-35)36-26-21-18-22-27-36)32-37(46-50(13,14)41(5,6)7)39(38(33)47-51(15,16)42(8,9)10)44-29-23-30-45-49(11,12)40(2,3)4/h17-22,24-28,37-39H,1,23,29-32H2,2-16H3/b34-28-/t37-,38?,39-/m0/s1. The van der Waals surface area contributed by atoms with E-state index in [1.54, 1.807) is 0 Å². The topological polar surface area (TPSA) is 54.0 Å². The fourth-order valence-electron chi connectivity index (χ4n) is 5.50. The van der Waals surface area contributed by atoms with E-state index < -0.39 is 32.1 Å². The zero-order valence-corrected chi connectivity index (χ0v) is 38.7. The van der Waals surface area contributed by atoms with Crippen LogP contribution in [0.5, 0.6) is 0 Å². The van der Waals surface area contributed by atoms with Gasteiger partial charge in [0, 0.05) is 36.4 Å². The molecule has 0 amide bonds. The van der Waals surface area contributed by atoms with Crippen LogP contribution in [-0.2, 0) is 22.6 Å². The molecule has 3 atom stereocenters. The Kier molecular flexibility index (Phi) is 14.3. The van der Waals surface area contributed by atoms with Gasteiger partial charge < -0.3 is 22.6 Å². The van der Waals surface area contributed by atoms with Gasteiger partial charge in [-0.25, -0.2) is 0 Å². The van der Waals surface area contributed by atoms with E-state index >= 15 is 4.57 Å². The van der Waals surface area contributed by atoms with Gasteiger partial charge >= 0.3 is 0 Å². The first-order valence-corrected chi connectivity index (χ1v) is 29.5. The van der Waals surface area contributed by atoms with Gasteiger partial charge in [0.05, 0.1) is 12.2 Å². The first-order valence-electron chi connectivity index (χ1n) is 18.9. The summed E-state index contributed by atoms with van der Waals surface area (Å²) in [5.74, 6) is 0. The average Bonchev–Trinajstić information content (AvgIpc) is 3.01. The minimum atomic E-state index is -2.98. The van der Waals surface area contributed by atoms with Crippen molar-refractivity contribution < 1.29 is 22.6 Å². The van der Waals surface area contributed by atoms with Crippen LogP contribution in [0.25, 0.3) is 0 Å². The Labute approximate surface area is 315 Å². The molecule has 0 aromatic heterocycles. The molecule has 5 nitrogen and oxygen atoms in total. The highest BCUT2D eigenvalue weighted by Gasteiger charge is 2.49. The van der Waals surface area contributed by atoms with E-state index in [1.807, 2.05) is 60.7 Å². The van der Waals surface area contributed by atoms with Gasteiger partial charge in [-0.15, -0.1) is 0 Å². The summed E-state index contributed by atoms with van der Waals surface area (Å²) in [6.45, 7) is 40.3. The van der Waals surface area contributed by atoms with Crippen LogP contribution in [0, 0.1) is 0 Å². The summed E-state index contributed by atoms with van der Waals surface area (Å²) in [4.78, 5) is 0. The quantitative estimate of drug-likeness (QED) is 0.109. The molecule has 0 aliphatic heterocycles. The maximum Gasteiger partial charge on any atom is 0.193 e. The highest BCUT2D eigenvalue weighted by Crippen LogP contribution is 2.48. The van der Waals surface area contributed by atoms with Crippen LogP contribution in [0.4, 0.5) is 0 Å². The number of hydrogen-bond donors (Lipinski definition) is 0. The molecular formula is C42H71O5PSi3. The second-order valence-corrected chi connectivity index (χ2v) is 36.3. The monoisotopic (exact) mass is 770 g/mol. The van der Waals surface area contributed by atoms with Gasteiger partial charge in [0.1, 0.15) is 13.2 Å². The summed E-state index contributed by atoms with van der Waals surface area (Å²) in [5.41, 5.74) is 1.99. The lowest BCUT2D eigenvalue weighted by Gasteiger charge is -2.49. The van der Waals surface area contributed by atoms with Crippen LogP contribution < -0.4 is 10.6 Å². The van der Waals surface area contributed by atoms with E-state index in [4.69, 9.17) is 24.6 Å². The van der Waals surface area contributed by atoms with Crippen LogP contribution in [0.3, 0.4) is 0 Å². The summed E-state index contributed by atoms with van der Waals surface area (Å²) in [6.07, 6.45) is 3.08. The summed E-state index contributed by atoms with van der Waals surface area (Å²) in [5, 5.41) is 1.88. The average molecular weight is 771 g/mol. The van der Waals surface area contributed by atoms with E-state index in [-0.39, 0.29) is 33.4 Å². The van der Waals surface area contributed by atoms with E-state index in [9.17, 15) is 0 Å². The summed E-state index contributed by atoms with van der Waals surface area (Å²) in [7, 11) is -9.35. The Morgan fingerprint density at radius 1 is 0.706 bits per heavy atom. The van der Waals surface area contributed by atoms with Crippen LogP contribution in [0.1, 0.15) is 75.2 Å². The molecular weight excluding hydrogens is 700 g/mol. The molecule has 286 valence electrons. The molecule has 51 heavy (non-hydrogen) atoms. The molecule has 2 aromatic rings. The molecule has 0 bridgehead atoms. The summed E-state index contributed by atoms with van der Waals surface area (Å²) < 4.78 is 43.1. The number of rotatable bonds is 14. The fraction of sp³-hybridized carbons (Fsp3) is 0.619. The van der Waals surface area contributed by atoms with Gasteiger partial charge in [0.2, 0.25) is 0 Å². The third kappa shape index (κ3) is 10.9.